The van der Waals surface area contributed by atoms with E-state index in [-0.39, 0.29) is 29.9 Å². The van der Waals surface area contributed by atoms with Crippen molar-refractivity contribution in [1.82, 2.24) is 0 Å². The van der Waals surface area contributed by atoms with Crippen LogP contribution in [0.3, 0.4) is 0 Å². The van der Waals surface area contributed by atoms with Gasteiger partial charge in [0.25, 0.3) is 0 Å². The summed E-state index contributed by atoms with van der Waals surface area (Å²) < 4.78 is 18.0. The van der Waals surface area contributed by atoms with E-state index in [0.29, 0.717) is 18.4 Å². The average Bonchev–Trinajstić information content (AvgIpc) is 2.90. The standard InChI is InChI=1S/C32H42O10/c1-16-21(40-17(2)33)15-32(39)27(41-28(38)19-10-8-7-9-11-19)25-30(6,26(37)24(36)23(16)29(32,4)5)22(35)14-20-12-13-31(20,25)42-18(3)34/h7-11,20-22,24-27,35-37,39H,12-15H2,1-6H3/t20-,21+,22+,24-,25?,26+,27+,30-,31+,32-/m1/s1. The molecule has 1 aromatic carbocycles. The summed E-state index contributed by atoms with van der Waals surface area (Å²) in [7, 11) is 0. The Morgan fingerprint density at radius 2 is 1.60 bits per heavy atom. The molecule has 230 valence electrons. The van der Waals surface area contributed by atoms with Crippen LogP contribution in [-0.4, -0.2) is 80.1 Å². The van der Waals surface area contributed by atoms with Crippen LogP contribution in [0.25, 0.3) is 0 Å². The van der Waals surface area contributed by atoms with E-state index in [1.54, 1.807) is 58.0 Å². The van der Waals surface area contributed by atoms with Gasteiger partial charge in [0.05, 0.1) is 17.8 Å². The zero-order chi connectivity index (χ0) is 31.0. The number of aliphatic hydroxyl groups is 4. The number of benzene rings is 1. The van der Waals surface area contributed by atoms with Crippen LogP contribution in [-0.2, 0) is 23.8 Å². The van der Waals surface area contributed by atoms with Gasteiger partial charge in [-0.15, -0.1) is 0 Å². The molecule has 1 aromatic rings. The first-order valence-corrected chi connectivity index (χ1v) is 14.6. The lowest BCUT2D eigenvalue weighted by Crippen LogP contribution is -2.79. The highest BCUT2D eigenvalue weighted by Crippen LogP contribution is 2.67. The second-order valence-electron chi connectivity index (χ2n) is 13.4. The van der Waals surface area contributed by atoms with Gasteiger partial charge in [0, 0.05) is 42.9 Å². The van der Waals surface area contributed by atoms with Gasteiger partial charge in [-0.2, -0.15) is 0 Å². The summed E-state index contributed by atoms with van der Waals surface area (Å²) in [6.45, 7) is 9.15. The number of fused-ring (bicyclic) bond motifs is 5. The minimum atomic E-state index is -2.01. The molecule has 10 heteroatoms. The fourth-order valence-electron chi connectivity index (χ4n) is 8.74. The summed E-state index contributed by atoms with van der Waals surface area (Å²) in [5.41, 5.74) is -5.34. The number of rotatable bonds is 4. The molecule has 10 nitrogen and oxygen atoms in total. The number of esters is 3. The molecule has 0 heterocycles. The van der Waals surface area contributed by atoms with Crippen molar-refractivity contribution in [2.45, 2.75) is 109 Å². The van der Waals surface area contributed by atoms with E-state index >= 15 is 0 Å². The molecule has 2 bridgehead atoms. The monoisotopic (exact) mass is 586 g/mol. The number of ether oxygens (including phenoxy) is 3. The van der Waals surface area contributed by atoms with E-state index in [9.17, 15) is 34.8 Å². The first-order chi connectivity index (χ1) is 19.5. The number of aliphatic hydroxyl groups excluding tert-OH is 3. The molecule has 4 aliphatic rings. The third-order valence-corrected chi connectivity index (χ3v) is 11.0. The Hall–Kier alpha value is -2.79. The van der Waals surface area contributed by atoms with Crippen molar-refractivity contribution in [3.8, 4) is 0 Å². The van der Waals surface area contributed by atoms with E-state index in [4.69, 9.17) is 14.2 Å². The van der Waals surface area contributed by atoms with Crippen LogP contribution in [0.5, 0.6) is 0 Å². The van der Waals surface area contributed by atoms with Crippen LogP contribution in [0.15, 0.2) is 41.5 Å². The Balaban J connectivity index is 1.82. The van der Waals surface area contributed by atoms with Gasteiger partial charge in [0.1, 0.15) is 29.5 Å². The molecule has 4 N–H and O–H groups in total. The third kappa shape index (κ3) is 4.17. The maximum Gasteiger partial charge on any atom is 0.338 e. The zero-order valence-corrected chi connectivity index (χ0v) is 25.0. The quantitative estimate of drug-likeness (QED) is 0.234. The van der Waals surface area contributed by atoms with Crippen molar-refractivity contribution in [3.63, 3.8) is 0 Å². The molecular weight excluding hydrogens is 544 g/mol. The summed E-state index contributed by atoms with van der Waals surface area (Å²) in [6, 6.07) is 8.23. The molecule has 1 unspecified atom stereocenters. The summed E-state index contributed by atoms with van der Waals surface area (Å²) in [5, 5.41) is 48.6. The first kappa shape index (κ1) is 30.7. The predicted molar refractivity (Wildman–Crippen MR) is 149 cm³/mol. The largest absolute Gasteiger partial charge is 0.458 e. The second kappa shape index (κ2) is 10.1. The lowest BCUT2D eigenvalue weighted by molar-refractivity contribution is -0.322. The van der Waals surface area contributed by atoms with Gasteiger partial charge in [-0.25, -0.2) is 4.79 Å². The summed E-state index contributed by atoms with van der Waals surface area (Å²) in [4.78, 5) is 38.6. The minimum absolute atomic E-state index is 0.180. The van der Waals surface area contributed by atoms with Gasteiger partial charge in [0.2, 0.25) is 0 Å². The Morgan fingerprint density at radius 3 is 2.14 bits per heavy atom. The maximum atomic E-state index is 13.8. The molecule has 0 saturated heterocycles. The summed E-state index contributed by atoms with van der Waals surface area (Å²) in [5.74, 6) is -3.44. The van der Waals surface area contributed by atoms with Crippen LogP contribution >= 0.6 is 0 Å². The molecule has 42 heavy (non-hydrogen) atoms. The van der Waals surface area contributed by atoms with Crippen LogP contribution < -0.4 is 0 Å². The van der Waals surface area contributed by atoms with Crippen LogP contribution in [0, 0.1) is 22.7 Å². The molecule has 0 amide bonds. The maximum absolute atomic E-state index is 13.8. The van der Waals surface area contributed by atoms with Crippen molar-refractivity contribution in [1.29, 1.82) is 0 Å². The number of hydrogen-bond donors (Lipinski definition) is 4. The van der Waals surface area contributed by atoms with Crippen molar-refractivity contribution >= 4 is 17.9 Å². The average molecular weight is 587 g/mol. The summed E-state index contributed by atoms with van der Waals surface area (Å²) in [6.07, 6.45) is -5.96. The van der Waals surface area contributed by atoms with E-state index in [1.807, 2.05) is 0 Å². The SMILES string of the molecule is CC(=O)O[C@H]1C[C@@]2(O)[C@@H](OC(=O)c3ccccc3)C3[C@@](C)([C@@H](O)C[C@H]4CC[C@@]34OC(C)=O)[C@@H](O)[C@H](O)C(=C1C)C2(C)C. The van der Waals surface area contributed by atoms with Gasteiger partial charge >= 0.3 is 17.9 Å². The fraction of sp³-hybridized carbons (Fsp3) is 0.656. The molecule has 0 aromatic heterocycles. The highest BCUT2D eigenvalue weighted by molar-refractivity contribution is 5.89. The normalized spacial score (nSPS) is 42.1. The molecular formula is C32H42O10. The number of carbonyl (C=O) groups excluding carboxylic acids is 3. The molecule has 0 aliphatic heterocycles. The molecule has 4 aliphatic carbocycles. The van der Waals surface area contributed by atoms with Crippen molar-refractivity contribution in [2.24, 2.45) is 22.7 Å². The smallest absolute Gasteiger partial charge is 0.338 e. The van der Waals surface area contributed by atoms with Gasteiger partial charge < -0.3 is 34.6 Å². The van der Waals surface area contributed by atoms with Crippen LogP contribution in [0.4, 0.5) is 0 Å². The van der Waals surface area contributed by atoms with Gasteiger partial charge in [0.15, 0.2) is 0 Å². The topological polar surface area (TPSA) is 160 Å². The van der Waals surface area contributed by atoms with Crippen LogP contribution in [0.1, 0.15) is 77.6 Å². The second-order valence-corrected chi connectivity index (χ2v) is 13.4. The Bertz CT molecular complexity index is 1310. The Labute approximate surface area is 245 Å². The van der Waals surface area contributed by atoms with E-state index in [2.05, 4.69) is 0 Å². The molecule has 5 rings (SSSR count). The van der Waals surface area contributed by atoms with Crippen molar-refractivity contribution < 1.29 is 49.0 Å². The highest BCUT2D eigenvalue weighted by Gasteiger charge is 2.76. The predicted octanol–water partition coefficient (Wildman–Crippen LogP) is 2.46. The van der Waals surface area contributed by atoms with E-state index in [1.165, 1.54) is 13.8 Å². The fourth-order valence-corrected chi connectivity index (χ4v) is 8.74. The third-order valence-electron chi connectivity index (χ3n) is 11.0. The van der Waals surface area contributed by atoms with Crippen LogP contribution in [0.2, 0.25) is 0 Å². The first-order valence-electron chi connectivity index (χ1n) is 14.6. The minimum Gasteiger partial charge on any atom is -0.458 e. The Morgan fingerprint density at radius 1 is 0.952 bits per heavy atom. The summed E-state index contributed by atoms with van der Waals surface area (Å²) >= 11 is 0. The lowest BCUT2D eigenvalue weighted by atomic mass is 9.40. The van der Waals surface area contributed by atoms with E-state index in [0.717, 1.165) is 0 Å². The molecule has 3 saturated carbocycles. The molecule has 3 fully saturated rings. The molecule has 0 spiro atoms. The number of hydrogen-bond acceptors (Lipinski definition) is 10. The highest BCUT2D eigenvalue weighted by atomic mass is 16.6. The van der Waals surface area contributed by atoms with Gasteiger partial charge in [-0.05, 0) is 49.5 Å². The van der Waals surface area contributed by atoms with Crippen molar-refractivity contribution in [2.75, 3.05) is 0 Å². The lowest BCUT2D eigenvalue weighted by Gasteiger charge is -2.69. The molecule has 10 atom stereocenters. The van der Waals surface area contributed by atoms with Gasteiger partial charge in [-0.1, -0.05) is 39.0 Å². The number of carbonyl (C=O) groups is 3. The molecule has 0 radical (unpaired) electrons. The zero-order valence-electron chi connectivity index (χ0n) is 25.0. The van der Waals surface area contributed by atoms with E-state index < -0.39 is 76.4 Å². The van der Waals surface area contributed by atoms with Gasteiger partial charge in [-0.3, -0.25) is 9.59 Å². The Kier molecular flexibility index (Phi) is 7.41. The van der Waals surface area contributed by atoms with Crippen molar-refractivity contribution in [3.05, 3.63) is 47.0 Å².